The number of hydrogen-bond acceptors (Lipinski definition) is 6. The number of sulfonamides is 1. The maximum atomic E-state index is 13.5. The van der Waals surface area contributed by atoms with E-state index in [0.29, 0.717) is 30.3 Å². The Labute approximate surface area is 223 Å². The van der Waals surface area contributed by atoms with Gasteiger partial charge in [0, 0.05) is 13.1 Å². The first-order chi connectivity index (χ1) is 18.3. The summed E-state index contributed by atoms with van der Waals surface area (Å²) in [6.07, 6.45) is -0.949. The number of likely N-dealkylation sites (N-methyl/N-ethyl adjacent to an activating group) is 1. The van der Waals surface area contributed by atoms with Gasteiger partial charge in [0.25, 0.3) is 5.91 Å². The van der Waals surface area contributed by atoms with Crippen LogP contribution in [0.25, 0.3) is 0 Å². The second-order valence-corrected chi connectivity index (χ2v) is 10.6. The molecule has 3 aromatic rings. The molecular weight excluding hydrogens is 506 g/mol. The molecule has 0 aromatic heterocycles. The van der Waals surface area contributed by atoms with Gasteiger partial charge in [-0.05, 0) is 48.9 Å². The Hall–Kier alpha value is -3.89. The van der Waals surface area contributed by atoms with E-state index >= 15 is 0 Å². The topological polar surface area (TPSA) is 105 Å². The van der Waals surface area contributed by atoms with E-state index in [1.54, 1.807) is 43.3 Å². The Morgan fingerprint density at radius 3 is 2.37 bits per heavy atom. The van der Waals surface area contributed by atoms with Gasteiger partial charge in [0.1, 0.15) is 11.5 Å². The Balaban J connectivity index is 1.50. The molecule has 0 radical (unpaired) electrons. The molecule has 3 aromatic carbocycles. The summed E-state index contributed by atoms with van der Waals surface area (Å²) in [6.45, 7) is 3.96. The van der Waals surface area contributed by atoms with Gasteiger partial charge >= 0.3 is 0 Å². The van der Waals surface area contributed by atoms with Gasteiger partial charge in [0.15, 0.2) is 6.10 Å². The molecule has 1 aliphatic heterocycles. The minimum atomic E-state index is -3.94. The van der Waals surface area contributed by atoms with Crippen LogP contribution in [-0.4, -0.2) is 56.9 Å². The fourth-order valence-corrected chi connectivity index (χ4v) is 5.53. The lowest BCUT2D eigenvalue weighted by molar-refractivity contribution is -0.128. The molecule has 10 heteroatoms. The molecule has 0 unspecified atom stereocenters. The number of anilines is 1. The van der Waals surface area contributed by atoms with Crippen LogP contribution in [0.5, 0.6) is 11.5 Å². The Morgan fingerprint density at radius 1 is 1.00 bits per heavy atom. The van der Waals surface area contributed by atoms with Gasteiger partial charge in [-0.15, -0.1) is 0 Å². The molecule has 9 nitrogen and oxygen atoms in total. The molecule has 200 valence electrons. The predicted molar refractivity (Wildman–Crippen MR) is 144 cm³/mol. The van der Waals surface area contributed by atoms with Crippen molar-refractivity contribution in [3.05, 3.63) is 84.4 Å². The third kappa shape index (κ3) is 6.15. The van der Waals surface area contributed by atoms with Gasteiger partial charge < -0.3 is 19.7 Å². The number of carbonyl (C=O) groups is 2. The molecule has 1 aliphatic rings. The van der Waals surface area contributed by atoms with E-state index in [1.165, 1.54) is 17.0 Å². The fourth-order valence-electron chi connectivity index (χ4n) is 4.13. The Morgan fingerprint density at radius 2 is 1.68 bits per heavy atom. The summed E-state index contributed by atoms with van der Waals surface area (Å²) in [5.41, 5.74) is 1.42. The lowest BCUT2D eigenvalue weighted by Crippen LogP contribution is -2.53. The Kier molecular flexibility index (Phi) is 8.65. The fraction of sp³-hybridized carbons (Fsp3) is 0.286. The number of nitrogens with one attached hydrogen (secondary N) is 1. The minimum Gasteiger partial charge on any atom is -0.494 e. The quantitative estimate of drug-likeness (QED) is 0.426. The highest BCUT2D eigenvalue weighted by atomic mass is 32.2. The number of amides is 2. The first-order valence-corrected chi connectivity index (χ1v) is 13.9. The van der Waals surface area contributed by atoms with Gasteiger partial charge in [0.05, 0.1) is 30.3 Å². The highest BCUT2D eigenvalue weighted by Gasteiger charge is 2.35. The van der Waals surface area contributed by atoms with Gasteiger partial charge in [-0.1, -0.05) is 49.4 Å². The monoisotopic (exact) mass is 537 g/mol. The molecule has 0 bridgehead atoms. The molecule has 0 saturated heterocycles. The van der Waals surface area contributed by atoms with Gasteiger partial charge in [0.2, 0.25) is 15.9 Å². The van der Waals surface area contributed by atoms with Crippen LogP contribution in [0.15, 0.2) is 83.8 Å². The predicted octanol–water partition coefficient (Wildman–Crippen LogP) is 3.21. The largest absolute Gasteiger partial charge is 0.494 e. The molecular formula is C28H31N3O6S. The normalized spacial score (nSPS) is 14.9. The van der Waals surface area contributed by atoms with Crippen LogP contribution in [0.2, 0.25) is 0 Å². The van der Waals surface area contributed by atoms with Crippen LogP contribution in [-0.2, 0) is 26.2 Å². The molecule has 1 N–H and O–H groups in total. The molecule has 1 atom stereocenters. The van der Waals surface area contributed by atoms with Crippen LogP contribution in [0.1, 0.15) is 19.4 Å². The van der Waals surface area contributed by atoms with Crippen molar-refractivity contribution in [2.45, 2.75) is 31.4 Å². The zero-order valence-corrected chi connectivity index (χ0v) is 22.2. The third-order valence-electron chi connectivity index (χ3n) is 6.11. The van der Waals surface area contributed by atoms with E-state index in [4.69, 9.17) is 9.47 Å². The molecule has 1 heterocycles. The summed E-state index contributed by atoms with van der Waals surface area (Å²) in [4.78, 5) is 27.9. The van der Waals surface area contributed by atoms with Crippen molar-refractivity contribution in [1.82, 2.24) is 9.62 Å². The number of fused-ring (bicyclic) bond motifs is 1. The second-order valence-electron chi connectivity index (χ2n) is 8.62. The third-order valence-corrected chi connectivity index (χ3v) is 8.05. The second kappa shape index (κ2) is 12.1. The van der Waals surface area contributed by atoms with Crippen molar-refractivity contribution in [3.8, 4) is 11.5 Å². The summed E-state index contributed by atoms with van der Waals surface area (Å²) in [7, 11) is -3.94. The summed E-state index contributed by atoms with van der Waals surface area (Å²) < 4.78 is 39.1. The molecule has 0 aliphatic carbocycles. The van der Waals surface area contributed by atoms with Crippen LogP contribution in [0, 0.1) is 0 Å². The number of ether oxygens (including phenoxy) is 2. The van der Waals surface area contributed by atoms with E-state index < -0.39 is 28.6 Å². The minimum absolute atomic E-state index is 0.0445. The number of benzene rings is 3. The van der Waals surface area contributed by atoms with Crippen molar-refractivity contribution in [2.75, 3.05) is 31.1 Å². The van der Waals surface area contributed by atoms with Gasteiger partial charge in [-0.2, -0.15) is 4.31 Å². The average Bonchev–Trinajstić information content (AvgIpc) is 2.94. The van der Waals surface area contributed by atoms with Gasteiger partial charge in [-0.25, -0.2) is 8.42 Å². The van der Waals surface area contributed by atoms with Crippen molar-refractivity contribution < 1.29 is 27.5 Å². The van der Waals surface area contributed by atoms with Crippen LogP contribution in [0.4, 0.5) is 5.69 Å². The molecule has 38 heavy (non-hydrogen) atoms. The number of para-hydroxylation sites is 2. The summed E-state index contributed by atoms with van der Waals surface area (Å²) in [6, 6.07) is 22.5. The van der Waals surface area contributed by atoms with E-state index in [0.717, 1.165) is 9.87 Å². The van der Waals surface area contributed by atoms with Crippen LogP contribution in [0.3, 0.4) is 0 Å². The maximum Gasteiger partial charge on any atom is 0.263 e. The van der Waals surface area contributed by atoms with Crippen LogP contribution >= 0.6 is 0 Å². The standard InChI is InChI=1S/C28H31N3O6S/c1-3-30(38(34,35)23-16-14-22(15-17-23)36-4-2)20-27(32)31-19-26(37-25-13-9-8-12-24(25)31)28(33)29-18-21-10-6-5-7-11-21/h5-17,26H,3-4,18-20H2,1-2H3,(H,29,33)/t26-/m1/s1. The smallest absolute Gasteiger partial charge is 0.263 e. The lowest BCUT2D eigenvalue weighted by Gasteiger charge is -2.35. The van der Waals surface area contributed by atoms with E-state index in [1.807, 2.05) is 37.3 Å². The number of carbonyl (C=O) groups excluding carboxylic acids is 2. The zero-order chi connectivity index (χ0) is 27.1. The molecule has 0 spiro atoms. The number of nitrogens with zero attached hydrogens (tertiary/aromatic N) is 2. The summed E-state index contributed by atoms with van der Waals surface area (Å²) in [5, 5.41) is 2.85. The average molecular weight is 538 g/mol. The zero-order valence-electron chi connectivity index (χ0n) is 21.4. The highest BCUT2D eigenvalue weighted by molar-refractivity contribution is 7.89. The molecule has 0 fully saturated rings. The summed E-state index contributed by atoms with van der Waals surface area (Å²) in [5.74, 6) is 0.116. The molecule has 4 rings (SSSR count). The van der Waals surface area contributed by atoms with Crippen molar-refractivity contribution in [2.24, 2.45) is 0 Å². The Bertz CT molecular complexity index is 1360. The van der Waals surface area contributed by atoms with Crippen molar-refractivity contribution in [3.63, 3.8) is 0 Å². The number of rotatable bonds is 10. The molecule has 0 saturated carbocycles. The first-order valence-electron chi connectivity index (χ1n) is 12.4. The summed E-state index contributed by atoms with van der Waals surface area (Å²) >= 11 is 0. The van der Waals surface area contributed by atoms with E-state index in [2.05, 4.69) is 5.32 Å². The molecule has 2 amide bonds. The lowest BCUT2D eigenvalue weighted by atomic mass is 10.1. The number of hydrogen-bond donors (Lipinski definition) is 1. The maximum absolute atomic E-state index is 13.5. The van der Waals surface area contributed by atoms with Crippen molar-refractivity contribution in [1.29, 1.82) is 0 Å². The van der Waals surface area contributed by atoms with E-state index in [9.17, 15) is 18.0 Å². The van der Waals surface area contributed by atoms with E-state index in [-0.39, 0.29) is 23.9 Å². The first kappa shape index (κ1) is 27.2. The van der Waals surface area contributed by atoms with Crippen molar-refractivity contribution >= 4 is 27.5 Å². The van der Waals surface area contributed by atoms with Gasteiger partial charge in [-0.3, -0.25) is 9.59 Å². The highest BCUT2D eigenvalue weighted by Crippen LogP contribution is 2.33. The SMILES string of the molecule is CCOc1ccc(S(=O)(=O)N(CC)CC(=O)N2C[C@H](C(=O)NCc3ccccc3)Oc3ccccc32)cc1. The van der Waals surface area contributed by atoms with Crippen LogP contribution < -0.4 is 19.7 Å².